The van der Waals surface area contributed by atoms with Crippen LogP contribution in [0.3, 0.4) is 0 Å². The number of nitrogens with one attached hydrogen (secondary N) is 2. The number of benzene rings is 2. The quantitative estimate of drug-likeness (QED) is 0.433. The SMILES string of the molecule is C1CC1.Cc1c(F)c(Cl)c(-c2ccc3nc(NC=O)sc3c2)c2cn[nH]c12. The fraction of sp³-hybridized carbons (Fsp3) is 0.211. The molecule has 8 heteroatoms. The fourth-order valence-corrected chi connectivity index (χ4v) is 3.95. The van der Waals surface area contributed by atoms with E-state index in [0.29, 0.717) is 28.2 Å². The molecule has 0 saturated heterocycles. The fourth-order valence-electron chi connectivity index (χ4n) is 2.74. The van der Waals surface area contributed by atoms with E-state index in [1.807, 2.05) is 18.2 Å². The Morgan fingerprint density at radius 3 is 2.81 bits per heavy atom. The van der Waals surface area contributed by atoms with Crippen LogP contribution >= 0.6 is 22.9 Å². The lowest BCUT2D eigenvalue weighted by atomic mass is 9.99. The summed E-state index contributed by atoms with van der Waals surface area (Å²) >= 11 is 7.63. The zero-order valence-corrected chi connectivity index (χ0v) is 16.0. The molecule has 1 fully saturated rings. The summed E-state index contributed by atoms with van der Waals surface area (Å²) in [5, 5.41) is 10.7. The van der Waals surface area contributed by atoms with Gasteiger partial charge in [-0.05, 0) is 24.6 Å². The Morgan fingerprint density at radius 1 is 1.33 bits per heavy atom. The third-order valence-corrected chi connectivity index (χ3v) is 5.54. The van der Waals surface area contributed by atoms with Gasteiger partial charge < -0.3 is 5.32 Å². The summed E-state index contributed by atoms with van der Waals surface area (Å²) < 4.78 is 15.3. The minimum Gasteiger partial charge on any atom is -0.305 e. The van der Waals surface area contributed by atoms with Crippen molar-refractivity contribution in [3.05, 3.63) is 40.8 Å². The molecule has 1 aliphatic rings. The summed E-state index contributed by atoms with van der Waals surface area (Å²) in [5.74, 6) is -0.462. The van der Waals surface area contributed by atoms with Crippen LogP contribution in [0.1, 0.15) is 24.8 Å². The molecule has 1 aliphatic carbocycles. The minimum atomic E-state index is -0.462. The summed E-state index contributed by atoms with van der Waals surface area (Å²) in [5.41, 5.74) is 3.16. The van der Waals surface area contributed by atoms with Gasteiger partial charge in [0.25, 0.3) is 0 Å². The number of H-pyrrole nitrogens is 1. The predicted molar refractivity (Wildman–Crippen MR) is 108 cm³/mol. The molecule has 1 amide bonds. The number of carbonyl (C=O) groups is 1. The molecule has 2 heterocycles. The number of amides is 1. The average Bonchev–Trinajstić information content (AvgIpc) is 3.37. The lowest BCUT2D eigenvalue weighted by Gasteiger charge is -2.10. The lowest BCUT2D eigenvalue weighted by Crippen LogP contribution is -1.91. The molecule has 1 saturated carbocycles. The number of thiazole rings is 1. The molecule has 5 nitrogen and oxygen atoms in total. The van der Waals surface area contributed by atoms with E-state index in [9.17, 15) is 9.18 Å². The highest BCUT2D eigenvalue weighted by molar-refractivity contribution is 7.22. The molecule has 0 spiro atoms. The second kappa shape index (κ2) is 7.25. The molecule has 27 heavy (non-hydrogen) atoms. The normalized spacial score (nSPS) is 12.7. The van der Waals surface area contributed by atoms with Crippen LogP contribution in [-0.4, -0.2) is 21.6 Å². The Hall–Kier alpha value is -2.51. The Labute approximate surface area is 163 Å². The maximum atomic E-state index is 14.5. The van der Waals surface area contributed by atoms with Gasteiger partial charge in [-0.25, -0.2) is 9.37 Å². The van der Waals surface area contributed by atoms with Crippen LogP contribution in [0, 0.1) is 12.7 Å². The van der Waals surface area contributed by atoms with E-state index in [2.05, 4.69) is 20.5 Å². The van der Waals surface area contributed by atoms with Gasteiger partial charge in [0.1, 0.15) is 5.82 Å². The molecule has 138 valence electrons. The van der Waals surface area contributed by atoms with Crippen LogP contribution in [-0.2, 0) is 4.79 Å². The van der Waals surface area contributed by atoms with Crippen LogP contribution in [0.2, 0.25) is 5.02 Å². The van der Waals surface area contributed by atoms with E-state index in [0.717, 1.165) is 21.2 Å². The molecule has 0 atom stereocenters. The average molecular weight is 403 g/mol. The zero-order valence-electron chi connectivity index (χ0n) is 14.5. The largest absolute Gasteiger partial charge is 0.305 e. The first-order valence-electron chi connectivity index (χ1n) is 8.52. The third kappa shape index (κ3) is 3.40. The third-order valence-electron chi connectivity index (χ3n) is 4.24. The van der Waals surface area contributed by atoms with Crippen molar-refractivity contribution >= 4 is 55.6 Å². The molecule has 4 aromatic rings. The number of aryl methyl sites for hydroxylation is 1. The number of rotatable bonds is 3. The molecule has 0 aliphatic heterocycles. The zero-order chi connectivity index (χ0) is 19.0. The maximum Gasteiger partial charge on any atom is 0.213 e. The predicted octanol–water partition coefficient (Wildman–Crippen LogP) is 5.68. The molecular formula is C19H16ClFN4OS. The number of halogens is 2. The number of fused-ring (bicyclic) bond motifs is 2. The standard InChI is InChI=1S/C16H10ClFN4OS.C3H6/c1-7-14(18)13(17)12(9-5-20-22-15(7)9)8-2-3-10-11(4-8)24-16(21-10)19-6-23;1-2-3-1/h2-6H,1H3,(H,20,22)(H,19,21,23);1-3H2. The number of carbonyl (C=O) groups excluding carboxylic acids is 1. The van der Waals surface area contributed by atoms with E-state index in [1.54, 1.807) is 13.1 Å². The molecular weight excluding hydrogens is 387 g/mol. The van der Waals surface area contributed by atoms with E-state index in [4.69, 9.17) is 11.6 Å². The number of nitrogens with zero attached hydrogens (tertiary/aromatic N) is 2. The van der Waals surface area contributed by atoms with Gasteiger partial charge in [0, 0.05) is 16.5 Å². The van der Waals surface area contributed by atoms with Crippen LogP contribution in [0.4, 0.5) is 9.52 Å². The summed E-state index contributed by atoms with van der Waals surface area (Å²) in [6.45, 7) is 1.66. The van der Waals surface area contributed by atoms with Crippen LogP contribution in [0.15, 0.2) is 24.4 Å². The number of anilines is 1. The molecule has 5 rings (SSSR count). The second-order valence-corrected chi connectivity index (χ2v) is 7.72. The van der Waals surface area contributed by atoms with Crippen molar-refractivity contribution in [2.45, 2.75) is 26.2 Å². The molecule has 2 N–H and O–H groups in total. The summed E-state index contributed by atoms with van der Waals surface area (Å²) in [7, 11) is 0. The van der Waals surface area contributed by atoms with Crippen molar-refractivity contribution in [1.29, 1.82) is 0 Å². The van der Waals surface area contributed by atoms with Crippen LogP contribution in [0.5, 0.6) is 0 Å². The summed E-state index contributed by atoms with van der Waals surface area (Å²) in [6.07, 6.45) is 6.72. The number of hydrogen-bond donors (Lipinski definition) is 2. The van der Waals surface area contributed by atoms with Gasteiger partial charge in [-0.2, -0.15) is 5.10 Å². The summed E-state index contributed by atoms with van der Waals surface area (Å²) in [4.78, 5) is 14.9. The maximum absolute atomic E-state index is 14.5. The Morgan fingerprint density at radius 2 is 2.11 bits per heavy atom. The van der Waals surface area contributed by atoms with Gasteiger partial charge in [0.05, 0.1) is 27.0 Å². The van der Waals surface area contributed by atoms with Gasteiger partial charge in [-0.3, -0.25) is 9.89 Å². The first-order valence-corrected chi connectivity index (χ1v) is 9.71. The molecule has 0 radical (unpaired) electrons. The highest BCUT2D eigenvalue weighted by Gasteiger charge is 2.19. The Balaban J connectivity index is 0.000000547. The lowest BCUT2D eigenvalue weighted by molar-refractivity contribution is -0.105. The first-order chi connectivity index (χ1) is 13.1. The number of aromatic amines is 1. The topological polar surface area (TPSA) is 70.7 Å². The van der Waals surface area contributed by atoms with Gasteiger partial charge in [0.2, 0.25) is 6.41 Å². The number of hydrogen-bond acceptors (Lipinski definition) is 4. The van der Waals surface area contributed by atoms with E-state index < -0.39 is 5.82 Å². The first kappa shape index (κ1) is 17.9. The number of aromatic nitrogens is 3. The van der Waals surface area contributed by atoms with E-state index in [-0.39, 0.29) is 5.02 Å². The monoisotopic (exact) mass is 402 g/mol. The molecule has 0 unspecified atom stereocenters. The van der Waals surface area contributed by atoms with Gasteiger partial charge in [0.15, 0.2) is 5.13 Å². The smallest absolute Gasteiger partial charge is 0.213 e. The van der Waals surface area contributed by atoms with Crippen LogP contribution in [0.25, 0.3) is 32.2 Å². The summed E-state index contributed by atoms with van der Waals surface area (Å²) in [6, 6.07) is 5.53. The van der Waals surface area contributed by atoms with Crippen molar-refractivity contribution in [3.63, 3.8) is 0 Å². The molecule has 0 bridgehead atoms. The molecule has 2 aromatic carbocycles. The minimum absolute atomic E-state index is 0.0662. The van der Waals surface area contributed by atoms with Gasteiger partial charge in [-0.1, -0.05) is 48.3 Å². The van der Waals surface area contributed by atoms with E-state index >= 15 is 0 Å². The highest BCUT2D eigenvalue weighted by Crippen LogP contribution is 2.40. The van der Waals surface area contributed by atoms with Crippen molar-refractivity contribution < 1.29 is 9.18 Å². The Bertz CT molecular complexity index is 1150. The van der Waals surface area contributed by atoms with Crippen molar-refractivity contribution in [3.8, 4) is 11.1 Å². The van der Waals surface area contributed by atoms with Crippen molar-refractivity contribution in [2.75, 3.05) is 5.32 Å². The van der Waals surface area contributed by atoms with Crippen molar-refractivity contribution in [1.82, 2.24) is 15.2 Å². The van der Waals surface area contributed by atoms with Gasteiger partial charge in [-0.15, -0.1) is 0 Å². The Kier molecular flexibility index (Phi) is 4.80. The van der Waals surface area contributed by atoms with Crippen molar-refractivity contribution in [2.24, 2.45) is 0 Å². The van der Waals surface area contributed by atoms with E-state index in [1.165, 1.54) is 30.6 Å². The molecule has 2 aromatic heterocycles. The highest BCUT2D eigenvalue weighted by atomic mass is 35.5. The van der Waals surface area contributed by atoms with Crippen LogP contribution < -0.4 is 5.32 Å². The second-order valence-electron chi connectivity index (χ2n) is 6.31. The van der Waals surface area contributed by atoms with Gasteiger partial charge >= 0.3 is 0 Å².